The maximum absolute atomic E-state index is 14.1. The Kier molecular flexibility index (Phi) is 8.79. The van der Waals surface area contributed by atoms with E-state index in [9.17, 15) is 14.7 Å². The fourth-order valence-corrected chi connectivity index (χ4v) is 5.86. The second-order valence-corrected chi connectivity index (χ2v) is 12.5. The third kappa shape index (κ3) is 6.81. The highest BCUT2D eigenvalue weighted by atomic mass is 16.6. The molecule has 222 valence electrons. The molecule has 1 saturated heterocycles. The van der Waals surface area contributed by atoms with Crippen molar-refractivity contribution in [3.63, 3.8) is 0 Å². The highest BCUT2D eigenvalue weighted by molar-refractivity contribution is 6.04. The van der Waals surface area contributed by atoms with E-state index in [2.05, 4.69) is 28.2 Å². The number of benzene rings is 1. The van der Waals surface area contributed by atoms with Crippen molar-refractivity contribution in [2.45, 2.75) is 90.5 Å². The highest BCUT2D eigenvalue weighted by Crippen LogP contribution is 2.32. The number of rotatable bonds is 7. The predicted octanol–water partition coefficient (Wildman–Crippen LogP) is 4.69. The summed E-state index contributed by atoms with van der Waals surface area (Å²) in [5.74, 6) is 0.538. The van der Waals surface area contributed by atoms with Gasteiger partial charge in [-0.1, -0.05) is 25.5 Å². The monoisotopic (exact) mass is 564 g/mol. The number of hydrogen-bond acceptors (Lipinski definition) is 8. The molecular formula is C31H44N6O4. The molecule has 10 heteroatoms. The van der Waals surface area contributed by atoms with E-state index in [0.717, 1.165) is 61.7 Å². The van der Waals surface area contributed by atoms with Crippen LogP contribution in [0.1, 0.15) is 77.8 Å². The van der Waals surface area contributed by atoms with Gasteiger partial charge in [0.2, 0.25) is 5.95 Å². The smallest absolute Gasteiger partial charge is 0.410 e. The van der Waals surface area contributed by atoms with Crippen molar-refractivity contribution in [3.05, 3.63) is 40.3 Å². The first-order chi connectivity index (χ1) is 19.6. The van der Waals surface area contributed by atoms with E-state index in [4.69, 9.17) is 9.72 Å². The van der Waals surface area contributed by atoms with Crippen molar-refractivity contribution in [2.75, 3.05) is 38.0 Å². The number of ether oxygens (including phenoxy) is 1. The minimum Gasteiger partial charge on any atom is -0.444 e. The summed E-state index contributed by atoms with van der Waals surface area (Å²) < 4.78 is 7.39. The number of fused-ring (bicyclic) bond motifs is 3. The molecule has 1 aliphatic heterocycles. The fourth-order valence-electron chi connectivity index (χ4n) is 5.86. The lowest BCUT2D eigenvalue weighted by molar-refractivity contribution is 0.0139. The van der Waals surface area contributed by atoms with Crippen molar-refractivity contribution < 1.29 is 14.6 Å². The third-order valence-electron chi connectivity index (χ3n) is 8.10. The number of amides is 1. The fraction of sp³-hybridized carbons (Fsp3) is 0.613. The Bertz CT molecular complexity index is 1430. The zero-order valence-electron chi connectivity index (χ0n) is 24.9. The van der Waals surface area contributed by atoms with Crippen molar-refractivity contribution in [1.82, 2.24) is 24.3 Å². The maximum atomic E-state index is 14.1. The number of carbonyl (C=O) groups excluding carboxylic acids is 1. The van der Waals surface area contributed by atoms with Gasteiger partial charge in [0.15, 0.2) is 0 Å². The molecule has 3 aromatic rings. The number of aromatic nitrogens is 3. The van der Waals surface area contributed by atoms with Crippen LogP contribution in [-0.4, -0.2) is 80.0 Å². The van der Waals surface area contributed by atoms with Gasteiger partial charge in [-0.05, 0) is 69.9 Å². The summed E-state index contributed by atoms with van der Waals surface area (Å²) in [5, 5.41) is 15.8. The van der Waals surface area contributed by atoms with Crippen molar-refractivity contribution >= 4 is 33.8 Å². The minimum atomic E-state index is -0.508. The molecule has 1 saturated carbocycles. The number of aliphatic hydroxyl groups excluding tert-OH is 1. The first-order valence-corrected chi connectivity index (χ1v) is 15.1. The van der Waals surface area contributed by atoms with Gasteiger partial charge in [0.25, 0.3) is 5.56 Å². The quantitative estimate of drug-likeness (QED) is 0.314. The van der Waals surface area contributed by atoms with Gasteiger partial charge in [-0.3, -0.25) is 14.3 Å². The molecule has 0 spiro atoms. The minimum absolute atomic E-state index is 0.0132. The van der Waals surface area contributed by atoms with Gasteiger partial charge in [0.05, 0.1) is 6.10 Å². The van der Waals surface area contributed by atoms with Crippen LogP contribution in [0.3, 0.4) is 0 Å². The van der Waals surface area contributed by atoms with Gasteiger partial charge in [-0.2, -0.15) is 4.98 Å². The van der Waals surface area contributed by atoms with Crippen LogP contribution in [0.15, 0.2) is 29.2 Å². The molecule has 1 aromatic carbocycles. The van der Waals surface area contributed by atoms with E-state index in [1.807, 2.05) is 43.7 Å². The van der Waals surface area contributed by atoms with Crippen LogP contribution in [0.4, 0.5) is 10.7 Å². The molecule has 2 aromatic heterocycles. The van der Waals surface area contributed by atoms with Crippen LogP contribution in [0, 0.1) is 0 Å². The molecule has 1 amide bonds. The van der Waals surface area contributed by atoms with Gasteiger partial charge < -0.3 is 20.1 Å². The number of carbonyl (C=O) groups is 1. The molecule has 2 N–H and O–H groups in total. The number of anilines is 1. The van der Waals surface area contributed by atoms with Crippen LogP contribution in [0.2, 0.25) is 0 Å². The van der Waals surface area contributed by atoms with Gasteiger partial charge >= 0.3 is 6.09 Å². The van der Waals surface area contributed by atoms with E-state index < -0.39 is 5.60 Å². The number of aliphatic hydroxyl groups is 1. The molecule has 41 heavy (non-hydrogen) atoms. The van der Waals surface area contributed by atoms with Gasteiger partial charge in [-0.25, -0.2) is 9.78 Å². The predicted molar refractivity (Wildman–Crippen MR) is 161 cm³/mol. The number of nitrogens with one attached hydrogen (secondary N) is 1. The average Bonchev–Trinajstić information content (AvgIpc) is 2.94. The Balaban J connectivity index is 1.42. The Morgan fingerprint density at radius 3 is 2.49 bits per heavy atom. The molecule has 0 radical (unpaired) electrons. The van der Waals surface area contributed by atoms with E-state index in [-0.39, 0.29) is 23.8 Å². The molecule has 0 bridgehead atoms. The zero-order valence-corrected chi connectivity index (χ0v) is 24.9. The van der Waals surface area contributed by atoms with Crippen LogP contribution in [0.5, 0.6) is 0 Å². The molecule has 10 nitrogen and oxygen atoms in total. The summed E-state index contributed by atoms with van der Waals surface area (Å²) in [7, 11) is 0. The lowest BCUT2D eigenvalue weighted by atomic mass is 9.92. The lowest BCUT2D eigenvalue weighted by Gasteiger charge is -2.35. The maximum Gasteiger partial charge on any atom is 0.410 e. The van der Waals surface area contributed by atoms with Gasteiger partial charge in [0.1, 0.15) is 11.2 Å². The van der Waals surface area contributed by atoms with Crippen molar-refractivity contribution in [2.24, 2.45) is 0 Å². The standard InChI is InChI=1S/C31H44N6O4/c1-5-6-13-32-29-33-19-26-24-12-7-21(20-35-14-16-36(17-15-35)30(40)41-31(2,3)4)18-25(24)28(39)37(27(26)34-29)22-8-10-23(38)11-9-22/h7,12,18-19,22-23,38H,5-6,8-11,13-17,20H2,1-4H3,(H,32,33,34). The summed E-state index contributed by atoms with van der Waals surface area (Å²) >= 11 is 0. The van der Waals surface area contributed by atoms with Crippen molar-refractivity contribution in [3.8, 4) is 0 Å². The van der Waals surface area contributed by atoms with E-state index in [1.165, 1.54) is 0 Å². The average molecular weight is 565 g/mol. The highest BCUT2D eigenvalue weighted by Gasteiger charge is 2.27. The number of nitrogens with zero attached hydrogens (tertiary/aromatic N) is 5. The summed E-state index contributed by atoms with van der Waals surface area (Å²) in [6, 6.07) is 6.10. The number of hydrogen-bond donors (Lipinski definition) is 2. The van der Waals surface area contributed by atoms with Crippen LogP contribution >= 0.6 is 0 Å². The van der Waals surface area contributed by atoms with Crippen LogP contribution in [-0.2, 0) is 11.3 Å². The number of pyridine rings is 1. The number of piperazine rings is 1. The molecular weight excluding hydrogens is 520 g/mol. The second-order valence-electron chi connectivity index (χ2n) is 12.5. The first kappa shape index (κ1) is 29.3. The Hall–Kier alpha value is -3.24. The molecule has 0 atom stereocenters. The molecule has 0 unspecified atom stereocenters. The summed E-state index contributed by atoms with van der Waals surface area (Å²) in [6.45, 7) is 12.0. The second kappa shape index (κ2) is 12.3. The van der Waals surface area contributed by atoms with Crippen molar-refractivity contribution in [1.29, 1.82) is 0 Å². The molecule has 3 heterocycles. The molecule has 2 fully saturated rings. The summed E-state index contributed by atoms with van der Waals surface area (Å²) in [5.41, 5.74) is 1.17. The molecule has 2 aliphatic rings. The Labute approximate surface area is 241 Å². The summed E-state index contributed by atoms with van der Waals surface area (Å²) in [4.78, 5) is 40.1. The van der Waals surface area contributed by atoms with Gasteiger partial charge in [-0.15, -0.1) is 0 Å². The SMILES string of the molecule is CCCCNc1ncc2c3ccc(CN4CCN(C(=O)OC(C)(C)C)CC4)cc3c(=O)n(C3CCC(O)CC3)c2n1. The topological polar surface area (TPSA) is 113 Å². The molecule has 5 rings (SSSR count). The van der Waals surface area contributed by atoms with Gasteiger partial charge in [0, 0.05) is 62.3 Å². The zero-order chi connectivity index (χ0) is 29.1. The lowest BCUT2D eigenvalue weighted by Crippen LogP contribution is -2.49. The Morgan fingerprint density at radius 1 is 1.07 bits per heavy atom. The normalized spacial score (nSPS) is 20.5. The van der Waals surface area contributed by atoms with E-state index in [0.29, 0.717) is 49.5 Å². The largest absolute Gasteiger partial charge is 0.444 e. The van der Waals surface area contributed by atoms with E-state index >= 15 is 0 Å². The van der Waals surface area contributed by atoms with E-state index in [1.54, 1.807) is 4.90 Å². The Morgan fingerprint density at radius 2 is 1.80 bits per heavy atom. The van der Waals surface area contributed by atoms with Crippen LogP contribution < -0.4 is 10.9 Å². The van der Waals surface area contributed by atoms with Crippen LogP contribution in [0.25, 0.3) is 21.8 Å². The summed E-state index contributed by atoms with van der Waals surface area (Å²) in [6.07, 6.45) is 6.19. The molecule has 1 aliphatic carbocycles. The first-order valence-electron chi connectivity index (χ1n) is 15.1. The number of unbranched alkanes of at least 4 members (excludes halogenated alkanes) is 1. The third-order valence-corrected chi connectivity index (χ3v) is 8.10.